The van der Waals surface area contributed by atoms with Crippen LogP contribution in [0.25, 0.3) is 0 Å². The molecule has 11 nitrogen and oxygen atoms in total. The Morgan fingerprint density at radius 1 is 1.12 bits per heavy atom. The molecule has 3 aliphatic rings. The highest BCUT2D eigenvalue weighted by molar-refractivity contribution is 7.89. The number of carbonyl (C=O) groups is 3. The molecule has 33 heavy (non-hydrogen) atoms. The maximum absolute atomic E-state index is 13.1. The molecule has 0 radical (unpaired) electrons. The highest BCUT2D eigenvalue weighted by Crippen LogP contribution is 2.32. The molecule has 180 valence electrons. The lowest BCUT2D eigenvalue weighted by atomic mass is 10.1. The minimum Gasteiger partial charge on any atom is -0.379 e. The van der Waals surface area contributed by atoms with E-state index in [0.29, 0.717) is 24.6 Å². The van der Waals surface area contributed by atoms with E-state index >= 15 is 0 Å². The van der Waals surface area contributed by atoms with Crippen molar-refractivity contribution >= 4 is 39.2 Å². The minimum atomic E-state index is -3.76. The van der Waals surface area contributed by atoms with Gasteiger partial charge in [-0.2, -0.15) is 4.31 Å². The quantitative estimate of drug-likeness (QED) is 0.571. The van der Waals surface area contributed by atoms with Crippen LogP contribution in [0.15, 0.2) is 23.1 Å². The third-order valence-electron chi connectivity index (χ3n) is 6.04. The van der Waals surface area contributed by atoms with E-state index in [-0.39, 0.29) is 18.0 Å². The highest BCUT2D eigenvalue weighted by atomic mass is 32.2. The number of benzene rings is 1. The number of imide groups is 1. The number of ether oxygens (including phenoxy) is 1. The second kappa shape index (κ2) is 8.92. The number of morpholine rings is 1. The van der Waals surface area contributed by atoms with Gasteiger partial charge in [0.25, 0.3) is 5.91 Å². The zero-order valence-electron chi connectivity index (χ0n) is 18.8. The number of hydrogen-bond donors (Lipinski definition) is 2. The van der Waals surface area contributed by atoms with E-state index in [4.69, 9.17) is 4.74 Å². The number of nitrogens with zero attached hydrogens (tertiary/aromatic N) is 3. The van der Waals surface area contributed by atoms with Crippen LogP contribution in [0.1, 0.15) is 26.7 Å². The van der Waals surface area contributed by atoms with Crippen LogP contribution in [0.2, 0.25) is 0 Å². The number of amides is 4. The molecule has 3 saturated heterocycles. The van der Waals surface area contributed by atoms with Crippen molar-refractivity contribution < 1.29 is 27.5 Å². The fourth-order valence-electron chi connectivity index (χ4n) is 4.24. The summed E-state index contributed by atoms with van der Waals surface area (Å²) in [5.74, 6) is -1.08. The van der Waals surface area contributed by atoms with Crippen molar-refractivity contribution in [2.75, 3.05) is 56.2 Å². The first-order chi connectivity index (χ1) is 15.6. The van der Waals surface area contributed by atoms with Gasteiger partial charge in [0.2, 0.25) is 15.9 Å². The monoisotopic (exact) mass is 479 g/mol. The third kappa shape index (κ3) is 4.68. The lowest BCUT2D eigenvalue weighted by molar-refractivity contribution is -0.132. The Morgan fingerprint density at radius 2 is 1.79 bits per heavy atom. The Labute approximate surface area is 193 Å². The minimum absolute atomic E-state index is 0.0683. The standard InChI is InChI=1S/C21H29N5O6S/c1-21(2)19(28)26(20(29)23-21)14-18(27)22-16-13-15(5-6-17(16)24-7-3-4-8-24)33(30,31)25-9-11-32-12-10-25/h5-6,13H,3-4,7-12,14H2,1-2H3,(H,22,27)(H,23,29). The summed E-state index contributed by atoms with van der Waals surface area (Å²) >= 11 is 0. The van der Waals surface area contributed by atoms with E-state index in [2.05, 4.69) is 15.5 Å². The van der Waals surface area contributed by atoms with Crippen LogP contribution >= 0.6 is 0 Å². The average Bonchev–Trinajstić information content (AvgIpc) is 3.37. The first kappa shape index (κ1) is 23.5. The SMILES string of the molecule is CC1(C)NC(=O)N(CC(=O)Nc2cc(S(=O)(=O)N3CCOCC3)ccc2N2CCCC2)C1=O. The molecule has 3 fully saturated rings. The summed E-state index contributed by atoms with van der Waals surface area (Å²) in [6.45, 7) is 5.44. The van der Waals surface area contributed by atoms with Gasteiger partial charge < -0.3 is 20.3 Å². The highest BCUT2D eigenvalue weighted by Gasteiger charge is 2.45. The van der Waals surface area contributed by atoms with Gasteiger partial charge in [0.05, 0.1) is 29.5 Å². The van der Waals surface area contributed by atoms with Crippen molar-refractivity contribution in [3.05, 3.63) is 18.2 Å². The van der Waals surface area contributed by atoms with Crippen molar-refractivity contribution in [3.8, 4) is 0 Å². The molecular weight excluding hydrogens is 450 g/mol. The van der Waals surface area contributed by atoms with Crippen LogP contribution in [0, 0.1) is 0 Å². The van der Waals surface area contributed by atoms with Crippen LogP contribution in [0.5, 0.6) is 0 Å². The molecule has 0 saturated carbocycles. The number of hydrogen-bond acceptors (Lipinski definition) is 7. The Kier molecular flexibility index (Phi) is 6.34. The molecule has 0 spiro atoms. The molecule has 4 rings (SSSR count). The lowest BCUT2D eigenvalue weighted by Gasteiger charge is -2.27. The summed E-state index contributed by atoms with van der Waals surface area (Å²) in [4.78, 5) is 40.4. The van der Waals surface area contributed by atoms with Gasteiger partial charge in [0, 0.05) is 26.2 Å². The smallest absolute Gasteiger partial charge is 0.325 e. The van der Waals surface area contributed by atoms with Crippen LogP contribution in [0.3, 0.4) is 0 Å². The zero-order chi connectivity index (χ0) is 23.8. The number of carbonyl (C=O) groups excluding carboxylic acids is 3. The van der Waals surface area contributed by atoms with Crippen molar-refractivity contribution in [2.24, 2.45) is 0 Å². The van der Waals surface area contributed by atoms with Crippen molar-refractivity contribution in [1.82, 2.24) is 14.5 Å². The maximum atomic E-state index is 13.1. The Bertz CT molecular complexity index is 1060. The van der Waals surface area contributed by atoms with Crippen molar-refractivity contribution in [1.29, 1.82) is 0 Å². The van der Waals surface area contributed by atoms with E-state index in [1.54, 1.807) is 26.0 Å². The predicted octanol–water partition coefficient (Wildman–Crippen LogP) is 0.577. The predicted molar refractivity (Wildman–Crippen MR) is 120 cm³/mol. The van der Waals surface area contributed by atoms with Gasteiger partial charge in [-0.25, -0.2) is 13.2 Å². The van der Waals surface area contributed by atoms with Crippen LogP contribution in [-0.4, -0.2) is 86.9 Å². The Morgan fingerprint density at radius 3 is 2.39 bits per heavy atom. The van der Waals surface area contributed by atoms with Gasteiger partial charge in [-0.3, -0.25) is 14.5 Å². The molecule has 1 aromatic rings. The molecule has 0 bridgehead atoms. The Balaban J connectivity index is 1.59. The molecular formula is C21H29N5O6S. The second-order valence-corrected chi connectivity index (χ2v) is 10.8. The number of rotatable bonds is 6. The molecule has 4 amide bonds. The fraction of sp³-hybridized carbons (Fsp3) is 0.571. The van der Waals surface area contributed by atoms with Crippen LogP contribution in [-0.2, 0) is 24.3 Å². The summed E-state index contributed by atoms with van der Waals surface area (Å²) in [5, 5.41) is 5.27. The summed E-state index contributed by atoms with van der Waals surface area (Å²) in [5.41, 5.74) is -0.0358. The zero-order valence-corrected chi connectivity index (χ0v) is 19.6. The number of nitrogens with one attached hydrogen (secondary N) is 2. The van der Waals surface area contributed by atoms with E-state index in [1.165, 1.54) is 10.4 Å². The largest absolute Gasteiger partial charge is 0.379 e. The summed E-state index contributed by atoms with van der Waals surface area (Å²) in [7, 11) is -3.76. The number of urea groups is 1. The topological polar surface area (TPSA) is 128 Å². The fourth-order valence-corrected chi connectivity index (χ4v) is 5.68. The molecule has 0 aliphatic carbocycles. The van der Waals surface area contributed by atoms with Gasteiger partial charge in [-0.05, 0) is 44.9 Å². The average molecular weight is 480 g/mol. The van der Waals surface area contributed by atoms with Gasteiger partial charge in [0.1, 0.15) is 12.1 Å². The van der Waals surface area contributed by atoms with E-state index in [0.717, 1.165) is 30.8 Å². The Hall–Kier alpha value is -2.70. The molecule has 0 unspecified atom stereocenters. The van der Waals surface area contributed by atoms with Gasteiger partial charge in [-0.15, -0.1) is 0 Å². The molecule has 1 aromatic carbocycles. The normalized spacial score (nSPS) is 21.4. The van der Waals surface area contributed by atoms with Gasteiger partial charge in [0.15, 0.2) is 0 Å². The van der Waals surface area contributed by atoms with Crippen molar-refractivity contribution in [2.45, 2.75) is 37.1 Å². The first-order valence-electron chi connectivity index (χ1n) is 11.0. The molecule has 0 aromatic heterocycles. The number of anilines is 2. The van der Waals surface area contributed by atoms with Crippen LogP contribution in [0.4, 0.5) is 16.2 Å². The van der Waals surface area contributed by atoms with E-state index < -0.39 is 40.0 Å². The van der Waals surface area contributed by atoms with Gasteiger partial charge in [-0.1, -0.05) is 0 Å². The maximum Gasteiger partial charge on any atom is 0.325 e. The first-order valence-corrected chi connectivity index (χ1v) is 12.4. The number of sulfonamides is 1. The second-order valence-electron chi connectivity index (χ2n) is 8.88. The molecule has 3 aliphatic heterocycles. The van der Waals surface area contributed by atoms with E-state index in [1.807, 2.05) is 0 Å². The molecule has 12 heteroatoms. The molecule has 3 heterocycles. The molecule has 2 N–H and O–H groups in total. The summed E-state index contributed by atoms with van der Waals surface area (Å²) < 4.78 is 32.9. The third-order valence-corrected chi connectivity index (χ3v) is 7.94. The van der Waals surface area contributed by atoms with Crippen molar-refractivity contribution in [3.63, 3.8) is 0 Å². The van der Waals surface area contributed by atoms with Gasteiger partial charge >= 0.3 is 6.03 Å². The van der Waals surface area contributed by atoms with E-state index in [9.17, 15) is 22.8 Å². The van der Waals surface area contributed by atoms with Crippen LogP contribution < -0.4 is 15.5 Å². The summed E-state index contributed by atoms with van der Waals surface area (Å²) in [6.07, 6.45) is 2.00. The lowest BCUT2D eigenvalue weighted by Crippen LogP contribution is -2.42. The molecule has 0 atom stereocenters. The summed E-state index contributed by atoms with van der Waals surface area (Å²) in [6, 6.07) is 4.06.